The van der Waals surface area contributed by atoms with Crippen molar-refractivity contribution >= 4 is 5.84 Å². The van der Waals surface area contributed by atoms with E-state index in [2.05, 4.69) is 26.0 Å². The number of allylic oxidation sites excluding steroid dienone is 2. The Hall–Kier alpha value is -0.670. The van der Waals surface area contributed by atoms with Gasteiger partial charge in [0.15, 0.2) is 5.84 Å². The van der Waals surface area contributed by atoms with Crippen LogP contribution in [0.3, 0.4) is 0 Å². The maximum Gasteiger partial charge on any atom is 0.198 e. The van der Waals surface area contributed by atoms with Crippen molar-refractivity contribution in [3.63, 3.8) is 0 Å². The van der Waals surface area contributed by atoms with Gasteiger partial charge in [-0.1, -0.05) is 96.1 Å². The smallest absolute Gasteiger partial charge is 0.198 e. The Morgan fingerprint density at radius 2 is 1.26 bits per heavy atom. The fourth-order valence-corrected chi connectivity index (χ4v) is 4.96. The van der Waals surface area contributed by atoms with Gasteiger partial charge in [0.1, 0.15) is 13.1 Å². The van der Waals surface area contributed by atoms with Crippen molar-refractivity contribution in [2.24, 2.45) is 4.99 Å². The van der Waals surface area contributed by atoms with Crippen molar-refractivity contribution in [3.05, 3.63) is 12.2 Å². The zero-order valence-electron chi connectivity index (χ0n) is 21.3. The molecule has 31 heavy (non-hydrogen) atoms. The summed E-state index contributed by atoms with van der Waals surface area (Å²) in [5, 5.41) is 9.40. The van der Waals surface area contributed by atoms with Crippen LogP contribution in [0.1, 0.15) is 129 Å². The Bertz CT molecular complexity index is 460. The van der Waals surface area contributed by atoms with E-state index in [1.54, 1.807) is 0 Å². The lowest BCUT2D eigenvalue weighted by atomic mass is 10.0. The number of amidine groups is 1. The molecule has 1 atom stereocenters. The van der Waals surface area contributed by atoms with Gasteiger partial charge in [-0.25, -0.2) is 4.99 Å². The summed E-state index contributed by atoms with van der Waals surface area (Å²) in [6, 6.07) is 0. The third-order valence-electron chi connectivity index (χ3n) is 7.17. The Kier molecular flexibility index (Phi) is 18.3. The molecule has 1 N–H and O–H groups in total. The highest BCUT2D eigenvalue weighted by atomic mass is 16.3. The highest BCUT2D eigenvalue weighted by Crippen LogP contribution is 2.19. The third-order valence-corrected chi connectivity index (χ3v) is 7.17. The summed E-state index contributed by atoms with van der Waals surface area (Å²) < 4.78 is 0.940. The molecule has 0 amide bonds. The van der Waals surface area contributed by atoms with Gasteiger partial charge in [-0.3, -0.25) is 4.48 Å². The zero-order valence-corrected chi connectivity index (χ0v) is 21.3. The number of rotatable bonds is 22. The molecule has 0 fully saturated rings. The Morgan fingerprint density at radius 3 is 1.77 bits per heavy atom. The Morgan fingerprint density at radius 1 is 0.742 bits per heavy atom. The summed E-state index contributed by atoms with van der Waals surface area (Å²) in [4.78, 5) is 4.76. The summed E-state index contributed by atoms with van der Waals surface area (Å²) in [6.45, 7) is 8.76. The largest absolute Gasteiger partial charge is 0.390 e. The second-order valence-electron chi connectivity index (χ2n) is 9.68. The molecule has 0 spiro atoms. The number of aliphatic hydroxyl groups excluding tert-OH is 1. The molecule has 0 aliphatic carbocycles. The molecule has 0 aromatic rings. The van der Waals surface area contributed by atoms with Gasteiger partial charge in [-0.15, -0.1) is 0 Å². The molecule has 1 heterocycles. The summed E-state index contributed by atoms with van der Waals surface area (Å²) in [5.74, 6) is 1.35. The van der Waals surface area contributed by atoms with Crippen LogP contribution >= 0.6 is 0 Å². The number of hydrogen-bond donors (Lipinski definition) is 1. The molecule has 1 unspecified atom stereocenters. The SMILES string of the molecule is CCCCCCCCCCCCCC/C=C/CCCCCC1=NCC[N+]1(CC)CCO. The van der Waals surface area contributed by atoms with Crippen molar-refractivity contribution in [2.45, 2.75) is 129 Å². The van der Waals surface area contributed by atoms with E-state index < -0.39 is 0 Å². The van der Waals surface area contributed by atoms with Crippen LogP contribution in [-0.4, -0.2) is 48.2 Å². The quantitative estimate of drug-likeness (QED) is 0.105. The fourth-order valence-electron chi connectivity index (χ4n) is 4.96. The number of unbranched alkanes of at least 4 members (excludes halogenated alkanes) is 15. The van der Waals surface area contributed by atoms with Gasteiger partial charge in [-0.2, -0.15) is 0 Å². The summed E-state index contributed by atoms with van der Waals surface area (Å²) in [5.41, 5.74) is 0. The molecule has 0 saturated carbocycles. The Balaban J connectivity index is 1.86. The molecule has 1 aliphatic heterocycles. The molecule has 0 aromatic heterocycles. The number of nitrogens with zero attached hydrogens (tertiary/aromatic N) is 2. The van der Waals surface area contributed by atoms with E-state index in [4.69, 9.17) is 4.99 Å². The zero-order chi connectivity index (χ0) is 22.5. The molecule has 182 valence electrons. The normalized spacial score (nSPS) is 18.9. The maximum atomic E-state index is 9.40. The van der Waals surface area contributed by atoms with E-state index in [1.165, 1.54) is 115 Å². The van der Waals surface area contributed by atoms with E-state index in [-0.39, 0.29) is 6.61 Å². The van der Waals surface area contributed by atoms with Crippen molar-refractivity contribution < 1.29 is 9.59 Å². The van der Waals surface area contributed by atoms with Gasteiger partial charge < -0.3 is 5.11 Å². The first kappa shape index (κ1) is 28.4. The maximum absolute atomic E-state index is 9.40. The molecular weight excluding hydrogens is 380 g/mol. The van der Waals surface area contributed by atoms with Crippen molar-refractivity contribution in [1.82, 2.24) is 0 Å². The number of likely N-dealkylation sites (N-methyl/N-ethyl adjacent to an activating group) is 1. The van der Waals surface area contributed by atoms with Gasteiger partial charge in [-0.05, 0) is 39.0 Å². The van der Waals surface area contributed by atoms with Crippen LogP contribution in [0.25, 0.3) is 0 Å². The van der Waals surface area contributed by atoms with Crippen LogP contribution in [0.4, 0.5) is 0 Å². The second kappa shape index (κ2) is 20.0. The summed E-state index contributed by atoms with van der Waals surface area (Å²) >= 11 is 0. The Labute approximate surface area is 195 Å². The van der Waals surface area contributed by atoms with E-state index in [0.717, 1.165) is 37.1 Å². The second-order valence-corrected chi connectivity index (χ2v) is 9.68. The van der Waals surface area contributed by atoms with Crippen LogP contribution in [0.5, 0.6) is 0 Å². The highest BCUT2D eigenvalue weighted by Gasteiger charge is 2.35. The minimum Gasteiger partial charge on any atom is -0.390 e. The number of aliphatic imine (C=N–C) groups is 1. The number of aliphatic hydroxyl groups is 1. The lowest BCUT2D eigenvalue weighted by molar-refractivity contribution is -0.835. The lowest BCUT2D eigenvalue weighted by Crippen LogP contribution is -2.52. The van der Waals surface area contributed by atoms with Crippen molar-refractivity contribution in [2.75, 3.05) is 32.8 Å². The third kappa shape index (κ3) is 13.5. The van der Waals surface area contributed by atoms with E-state index in [1.807, 2.05) is 0 Å². The molecule has 0 bridgehead atoms. The first-order valence-electron chi connectivity index (χ1n) is 13.9. The molecule has 1 rings (SSSR count). The van der Waals surface area contributed by atoms with Crippen LogP contribution in [0.15, 0.2) is 17.1 Å². The van der Waals surface area contributed by atoms with Gasteiger partial charge in [0.05, 0.1) is 19.7 Å². The topological polar surface area (TPSA) is 32.6 Å². The van der Waals surface area contributed by atoms with Crippen LogP contribution < -0.4 is 0 Å². The molecular formula is C28H55N2O+. The fraction of sp³-hybridized carbons (Fsp3) is 0.893. The predicted molar refractivity (Wildman–Crippen MR) is 138 cm³/mol. The first-order valence-corrected chi connectivity index (χ1v) is 13.9. The van der Waals surface area contributed by atoms with E-state index >= 15 is 0 Å². The average Bonchev–Trinajstić information content (AvgIpc) is 3.18. The first-order chi connectivity index (χ1) is 15.3. The van der Waals surface area contributed by atoms with Gasteiger partial charge in [0.2, 0.25) is 0 Å². The van der Waals surface area contributed by atoms with Crippen LogP contribution in [-0.2, 0) is 0 Å². The predicted octanol–water partition coefficient (Wildman–Crippen LogP) is 7.83. The van der Waals surface area contributed by atoms with E-state index in [0.29, 0.717) is 0 Å². The van der Waals surface area contributed by atoms with Gasteiger partial charge in [0, 0.05) is 6.42 Å². The monoisotopic (exact) mass is 435 g/mol. The minimum absolute atomic E-state index is 0.275. The highest BCUT2D eigenvalue weighted by molar-refractivity contribution is 5.76. The average molecular weight is 436 g/mol. The summed E-state index contributed by atoms with van der Waals surface area (Å²) in [6.07, 6.45) is 29.5. The van der Waals surface area contributed by atoms with Crippen LogP contribution in [0, 0.1) is 0 Å². The van der Waals surface area contributed by atoms with Crippen molar-refractivity contribution in [3.8, 4) is 0 Å². The number of hydrogen-bond acceptors (Lipinski definition) is 2. The molecule has 0 saturated heterocycles. The molecule has 0 radical (unpaired) electrons. The van der Waals surface area contributed by atoms with Crippen LogP contribution in [0.2, 0.25) is 0 Å². The standard InChI is InChI=1S/C28H55N2O/c1-3-5-6-7-8-9-10-11-12-13-14-15-16-17-18-19-20-21-22-23-28-29-24-25-30(28,4-2)26-27-31/h17-18,31H,3-16,19-27H2,1-2H3/q+1/b18-17+. The molecule has 0 aromatic carbocycles. The molecule has 3 heteroatoms. The molecule has 3 nitrogen and oxygen atoms in total. The van der Waals surface area contributed by atoms with Gasteiger partial charge >= 0.3 is 0 Å². The van der Waals surface area contributed by atoms with Crippen molar-refractivity contribution in [1.29, 1.82) is 0 Å². The molecule has 1 aliphatic rings. The lowest BCUT2D eigenvalue weighted by Gasteiger charge is -2.33. The number of quaternary nitrogens is 1. The van der Waals surface area contributed by atoms with Gasteiger partial charge in [0.25, 0.3) is 0 Å². The minimum atomic E-state index is 0.275. The van der Waals surface area contributed by atoms with E-state index in [9.17, 15) is 5.11 Å². The summed E-state index contributed by atoms with van der Waals surface area (Å²) in [7, 11) is 0.